The number of rotatable bonds is 5. The van der Waals surface area contributed by atoms with Crippen LogP contribution < -0.4 is 5.32 Å². The average molecular weight is 434 g/mol. The van der Waals surface area contributed by atoms with Crippen LogP contribution in [0.15, 0.2) is 30.3 Å². The fraction of sp³-hybridized carbons (Fsp3) is 0.571. The summed E-state index contributed by atoms with van der Waals surface area (Å²) in [6, 6.07) is 7.90. The molecule has 0 spiro atoms. The van der Waals surface area contributed by atoms with E-state index in [1.807, 2.05) is 6.07 Å². The number of imide groups is 1. The molecule has 4 amide bonds. The number of amides is 4. The summed E-state index contributed by atoms with van der Waals surface area (Å²) in [7, 11) is -3.16. The summed E-state index contributed by atoms with van der Waals surface area (Å²) < 4.78 is 24.0. The van der Waals surface area contributed by atoms with Crippen LogP contribution in [-0.4, -0.2) is 66.2 Å². The normalized spacial score (nSPS) is 28.7. The van der Waals surface area contributed by atoms with Crippen LogP contribution >= 0.6 is 0 Å². The zero-order valence-corrected chi connectivity index (χ0v) is 17.9. The number of carbonyl (C=O) groups excluding carboxylic acids is 3. The molecular weight excluding hydrogens is 406 g/mol. The molecule has 0 radical (unpaired) electrons. The predicted molar refractivity (Wildman–Crippen MR) is 110 cm³/mol. The van der Waals surface area contributed by atoms with E-state index >= 15 is 0 Å². The highest BCUT2D eigenvalue weighted by Gasteiger charge is 2.50. The number of hydrogen-bond acceptors (Lipinski definition) is 5. The zero-order valence-electron chi connectivity index (χ0n) is 17.0. The number of nitrogens with zero attached hydrogens (tertiary/aromatic N) is 2. The van der Waals surface area contributed by atoms with Crippen LogP contribution in [0, 0.1) is 0 Å². The molecule has 1 aromatic rings. The molecule has 1 saturated carbocycles. The molecule has 0 aromatic heterocycles. The van der Waals surface area contributed by atoms with Crippen molar-refractivity contribution < 1.29 is 22.8 Å². The van der Waals surface area contributed by atoms with Crippen molar-refractivity contribution >= 4 is 27.7 Å². The first-order valence-corrected chi connectivity index (χ1v) is 12.2. The average Bonchev–Trinajstić information content (AvgIpc) is 3.40. The van der Waals surface area contributed by atoms with E-state index in [1.165, 1.54) is 0 Å². The predicted octanol–water partition coefficient (Wildman–Crippen LogP) is 1.41. The van der Waals surface area contributed by atoms with Gasteiger partial charge in [-0.2, -0.15) is 0 Å². The summed E-state index contributed by atoms with van der Waals surface area (Å²) in [6.45, 7) is 1.26. The van der Waals surface area contributed by atoms with Crippen LogP contribution in [-0.2, 0) is 25.0 Å². The number of benzene rings is 1. The van der Waals surface area contributed by atoms with E-state index in [2.05, 4.69) is 5.32 Å². The van der Waals surface area contributed by atoms with Gasteiger partial charge in [0.25, 0.3) is 5.91 Å². The summed E-state index contributed by atoms with van der Waals surface area (Å²) in [6.07, 6.45) is 4.03. The highest BCUT2D eigenvalue weighted by Crippen LogP contribution is 2.31. The van der Waals surface area contributed by atoms with Gasteiger partial charge in [-0.15, -0.1) is 0 Å². The molecule has 3 aliphatic rings. The fourth-order valence-corrected chi connectivity index (χ4v) is 6.62. The van der Waals surface area contributed by atoms with Crippen LogP contribution in [0.1, 0.15) is 44.6 Å². The Morgan fingerprint density at radius 2 is 1.80 bits per heavy atom. The minimum atomic E-state index is -3.16. The SMILES string of the molecule is C[C@@]1(c2ccccc2)NC(=O)N(CC(=O)N(C2CCCC2)[C@@H]2CCS(=O)(=O)C2)C1=O. The Bertz CT molecular complexity index is 958. The molecule has 0 unspecified atom stereocenters. The van der Waals surface area contributed by atoms with Crippen molar-refractivity contribution in [3.63, 3.8) is 0 Å². The summed E-state index contributed by atoms with van der Waals surface area (Å²) in [5, 5.41) is 2.71. The van der Waals surface area contributed by atoms with Gasteiger partial charge in [0, 0.05) is 12.1 Å². The van der Waals surface area contributed by atoms with Crippen molar-refractivity contribution in [3.05, 3.63) is 35.9 Å². The Labute approximate surface area is 176 Å². The first-order chi connectivity index (χ1) is 14.2. The van der Waals surface area contributed by atoms with Gasteiger partial charge in [-0.25, -0.2) is 13.2 Å². The van der Waals surface area contributed by atoms with Crippen molar-refractivity contribution in [1.82, 2.24) is 15.1 Å². The maximum absolute atomic E-state index is 13.3. The Balaban J connectivity index is 1.55. The van der Waals surface area contributed by atoms with Crippen molar-refractivity contribution in [2.75, 3.05) is 18.1 Å². The molecule has 1 aliphatic carbocycles. The lowest BCUT2D eigenvalue weighted by atomic mass is 9.92. The number of hydrogen-bond donors (Lipinski definition) is 1. The van der Waals surface area contributed by atoms with Crippen LogP contribution in [0.4, 0.5) is 4.79 Å². The summed E-state index contributed by atoms with van der Waals surface area (Å²) in [4.78, 5) is 41.6. The third-order valence-corrected chi connectivity index (χ3v) is 8.28. The number of carbonyl (C=O) groups is 3. The van der Waals surface area contributed by atoms with E-state index in [4.69, 9.17) is 0 Å². The number of nitrogens with one attached hydrogen (secondary N) is 1. The van der Waals surface area contributed by atoms with Crippen LogP contribution in [0.5, 0.6) is 0 Å². The zero-order chi connectivity index (χ0) is 21.5. The van der Waals surface area contributed by atoms with Crippen molar-refractivity contribution in [2.45, 2.75) is 56.7 Å². The first kappa shape index (κ1) is 20.8. The molecule has 9 heteroatoms. The van der Waals surface area contributed by atoms with E-state index in [0.29, 0.717) is 12.0 Å². The molecule has 162 valence electrons. The summed E-state index contributed by atoms with van der Waals surface area (Å²) in [5.74, 6) is -0.803. The van der Waals surface area contributed by atoms with Crippen molar-refractivity contribution in [2.24, 2.45) is 0 Å². The topological polar surface area (TPSA) is 104 Å². The van der Waals surface area contributed by atoms with E-state index in [9.17, 15) is 22.8 Å². The van der Waals surface area contributed by atoms with Crippen molar-refractivity contribution in [1.29, 1.82) is 0 Å². The Morgan fingerprint density at radius 3 is 2.40 bits per heavy atom. The molecule has 8 nitrogen and oxygen atoms in total. The molecule has 1 aromatic carbocycles. The van der Waals surface area contributed by atoms with E-state index < -0.39 is 27.3 Å². The Hall–Kier alpha value is -2.42. The molecular formula is C21H27N3O5S. The molecule has 0 bridgehead atoms. The molecule has 3 fully saturated rings. The lowest BCUT2D eigenvalue weighted by Gasteiger charge is -2.35. The van der Waals surface area contributed by atoms with Gasteiger partial charge in [0.2, 0.25) is 5.91 Å². The third-order valence-electron chi connectivity index (χ3n) is 6.53. The summed E-state index contributed by atoms with van der Waals surface area (Å²) >= 11 is 0. The van der Waals surface area contributed by atoms with E-state index in [-0.39, 0.29) is 36.0 Å². The second-order valence-electron chi connectivity index (χ2n) is 8.61. The molecule has 2 saturated heterocycles. The Kier molecular flexibility index (Phi) is 5.34. The van der Waals surface area contributed by atoms with Gasteiger partial charge in [0.1, 0.15) is 12.1 Å². The molecule has 2 atom stereocenters. The largest absolute Gasteiger partial charge is 0.334 e. The molecule has 2 aliphatic heterocycles. The number of urea groups is 1. The van der Waals surface area contributed by atoms with Gasteiger partial charge in [0.05, 0.1) is 11.5 Å². The Morgan fingerprint density at radius 1 is 1.13 bits per heavy atom. The standard InChI is InChI=1S/C21H27N3O5S/c1-21(15-7-3-2-4-8-15)19(26)23(20(27)22-21)13-18(25)24(16-9-5-6-10-16)17-11-12-30(28,29)14-17/h2-4,7-8,16-17H,5-6,9-14H2,1H3,(H,22,27)/t17-,21+/m1/s1. The summed E-state index contributed by atoms with van der Waals surface area (Å²) in [5.41, 5.74) is -0.583. The second kappa shape index (κ2) is 7.68. The lowest BCUT2D eigenvalue weighted by molar-refractivity contribution is -0.141. The number of sulfone groups is 1. The van der Waals surface area contributed by atoms with Gasteiger partial charge in [-0.05, 0) is 31.7 Å². The third kappa shape index (κ3) is 3.71. The van der Waals surface area contributed by atoms with Crippen LogP contribution in [0.3, 0.4) is 0 Å². The molecule has 2 heterocycles. The van der Waals surface area contributed by atoms with Gasteiger partial charge < -0.3 is 10.2 Å². The fourth-order valence-electron chi connectivity index (χ4n) is 4.91. The maximum Gasteiger partial charge on any atom is 0.325 e. The van der Waals surface area contributed by atoms with Gasteiger partial charge in [0.15, 0.2) is 9.84 Å². The molecule has 1 N–H and O–H groups in total. The van der Waals surface area contributed by atoms with Gasteiger partial charge in [-0.3, -0.25) is 14.5 Å². The second-order valence-corrected chi connectivity index (χ2v) is 10.8. The first-order valence-electron chi connectivity index (χ1n) is 10.4. The minimum Gasteiger partial charge on any atom is -0.334 e. The minimum absolute atomic E-state index is 0.0305. The van der Waals surface area contributed by atoms with Crippen LogP contribution in [0.25, 0.3) is 0 Å². The van der Waals surface area contributed by atoms with E-state index in [1.54, 1.807) is 36.1 Å². The quantitative estimate of drug-likeness (QED) is 0.707. The monoisotopic (exact) mass is 433 g/mol. The van der Waals surface area contributed by atoms with Crippen LogP contribution in [0.2, 0.25) is 0 Å². The molecule has 4 rings (SSSR count). The highest BCUT2D eigenvalue weighted by atomic mass is 32.2. The van der Waals surface area contributed by atoms with Crippen molar-refractivity contribution in [3.8, 4) is 0 Å². The van der Waals surface area contributed by atoms with E-state index in [0.717, 1.165) is 30.6 Å². The van der Waals surface area contributed by atoms with Gasteiger partial charge in [-0.1, -0.05) is 43.2 Å². The lowest BCUT2D eigenvalue weighted by Crippen LogP contribution is -2.51. The van der Waals surface area contributed by atoms with Gasteiger partial charge >= 0.3 is 6.03 Å². The highest BCUT2D eigenvalue weighted by molar-refractivity contribution is 7.91. The smallest absolute Gasteiger partial charge is 0.325 e. The molecule has 30 heavy (non-hydrogen) atoms. The maximum atomic E-state index is 13.3.